The van der Waals surface area contributed by atoms with E-state index in [1.54, 1.807) is 6.08 Å². The van der Waals surface area contributed by atoms with Crippen molar-refractivity contribution < 1.29 is 18.3 Å². The third-order valence-corrected chi connectivity index (χ3v) is 4.55. The largest absolute Gasteiger partial charge is 0.508 e. The lowest BCUT2D eigenvalue weighted by Crippen LogP contribution is -2.45. The van der Waals surface area contributed by atoms with E-state index in [0.29, 0.717) is 5.56 Å². The molecular formula is C16H21F3N2OS. The van der Waals surface area contributed by atoms with E-state index in [0.717, 1.165) is 39.0 Å². The van der Waals surface area contributed by atoms with E-state index in [1.165, 1.54) is 18.2 Å². The molecule has 7 heteroatoms. The van der Waals surface area contributed by atoms with E-state index in [-0.39, 0.29) is 28.4 Å². The second kappa shape index (κ2) is 8.08. The molecular weight excluding hydrogens is 325 g/mol. The van der Waals surface area contributed by atoms with Gasteiger partial charge in [0.05, 0.1) is 0 Å². The highest BCUT2D eigenvalue weighted by atomic mass is 32.2. The molecule has 0 unspecified atom stereocenters. The van der Waals surface area contributed by atoms with Crippen LogP contribution in [-0.2, 0) is 0 Å². The van der Waals surface area contributed by atoms with Gasteiger partial charge in [-0.3, -0.25) is 4.90 Å². The summed E-state index contributed by atoms with van der Waals surface area (Å²) in [5.41, 5.74) is -3.78. The SMILES string of the molecule is C=CCC[C@H](c1cc(SC(F)(F)F)ccc1O)N1CCNCC1. The minimum absolute atomic E-state index is 0.0455. The molecule has 1 aliphatic rings. The maximum absolute atomic E-state index is 12.6. The Bertz CT molecular complexity index is 531. The van der Waals surface area contributed by atoms with Crippen LogP contribution in [0.25, 0.3) is 0 Å². The molecule has 1 aromatic carbocycles. The van der Waals surface area contributed by atoms with E-state index in [1.807, 2.05) is 0 Å². The van der Waals surface area contributed by atoms with E-state index >= 15 is 0 Å². The maximum atomic E-state index is 12.6. The molecule has 0 aromatic heterocycles. The molecule has 1 saturated heterocycles. The van der Waals surface area contributed by atoms with Crippen LogP contribution in [0, 0.1) is 0 Å². The molecule has 0 radical (unpaired) electrons. The monoisotopic (exact) mass is 346 g/mol. The number of nitrogens with one attached hydrogen (secondary N) is 1. The van der Waals surface area contributed by atoms with Crippen LogP contribution >= 0.6 is 11.8 Å². The van der Waals surface area contributed by atoms with Crippen molar-refractivity contribution in [3.8, 4) is 5.75 Å². The van der Waals surface area contributed by atoms with Gasteiger partial charge in [-0.15, -0.1) is 6.58 Å². The Morgan fingerprint density at radius 2 is 2.04 bits per heavy atom. The first-order valence-electron chi connectivity index (χ1n) is 7.55. The summed E-state index contributed by atoms with van der Waals surface area (Å²) in [5, 5.41) is 13.4. The number of aromatic hydroxyl groups is 1. The van der Waals surface area contributed by atoms with Gasteiger partial charge in [-0.1, -0.05) is 6.08 Å². The minimum Gasteiger partial charge on any atom is -0.508 e. The lowest BCUT2D eigenvalue weighted by molar-refractivity contribution is -0.0328. The van der Waals surface area contributed by atoms with Crippen LogP contribution < -0.4 is 5.32 Å². The molecule has 0 spiro atoms. The zero-order chi connectivity index (χ0) is 16.9. The van der Waals surface area contributed by atoms with Crippen LogP contribution in [0.2, 0.25) is 0 Å². The molecule has 1 heterocycles. The average Bonchev–Trinajstić information content (AvgIpc) is 2.50. The number of allylic oxidation sites excluding steroid dienone is 1. The summed E-state index contributed by atoms with van der Waals surface area (Å²) in [6, 6.07) is 4.01. The molecule has 0 amide bonds. The van der Waals surface area contributed by atoms with Crippen molar-refractivity contribution in [1.82, 2.24) is 10.2 Å². The summed E-state index contributed by atoms with van der Waals surface area (Å²) in [7, 11) is 0. The predicted octanol–water partition coefficient (Wildman–Crippen LogP) is 3.92. The zero-order valence-electron chi connectivity index (χ0n) is 12.8. The smallest absolute Gasteiger partial charge is 0.446 e. The highest BCUT2D eigenvalue weighted by Crippen LogP contribution is 2.41. The van der Waals surface area contributed by atoms with Gasteiger partial charge in [0.25, 0.3) is 0 Å². The standard InChI is InChI=1S/C16H21F3N2OS/c1-2-3-4-14(21-9-7-20-8-10-21)13-11-12(5-6-15(13)22)23-16(17,18)19/h2,5-6,11,14,20,22H,1,3-4,7-10H2/t14-/m1/s1. The maximum Gasteiger partial charge on any atom is 0.446 e. The van der Waals surface area contributed by atoms with Crippen molar-refractivity contribution in [3.63, 3.8) is 0 Å². The summed E-state index contributed by atoms with van der Waals surface area (Å²) in [6.45, 7) is 6.99. The Balaban J connectivity index is 2.28. The third kappa shape index (κ3) is 5.44. The van der Waals surface area contributed by atoms with Crippen molar-refractivity contribution in [2.24, 2.45) is 0 Å². The topological polar surface area (TPSA) is 35.5 Å². The first kappa shape index (κ1) is 18.2. The highest BCUT2D eigenvalue weighted by molar-refractivity contribution is 8.00. The van der Waals surface area contributed by atoms with Crippen molar-refractivity contribution >= 4 is 11.8 Å². The Kier molecular flexibility index (Phi) is 6.38. The molecule has 0 aliphatic carbocycles. The van der Waals surface area contributed by atoms with Gasteiger partial charge in [-0.2, -0.15) is 13.2 Å². The Hall–Kier alpha value is -1.18. The lowest BCUT2D eigenvalue weighted by Gasteiger charge is -2.35. The molecule has 1 atom stereocenters. The van der Waals surface area contributed by atoms with Crippen molar-refractivity contribution in [2.45, 2.75) is 29.3 Å². The molecule has 1 aromatic rings. The summed E-state index contributed by atoms with van der Waals surface area (Å²) in [5.74, 6) is 0.0455. The molecule has 128 valence electrons. The molecule has 0 saturated carbocycles. The fourth-order valence-electron chi connectivity index (χ4n) is 2.80. The number of hydrogen-bond acceptors (Lipinski definition) is 4. The van der Waals surface area contributed by atoms with Gasteiger partial charge in [-0.25, -0.2) is 0 Å². The number of alkyl halides is 3. The van der Waals surface area contributed by atoms with Gasteiger partial charge >= 0.3 is 5.51 Å². The fraction of sp³-hybridized carbons (Fsp3) is 0.500. The second-order valence-corrected chi connectivity index (χ2v) is 6.57. The highest BCUT2D eigenvalue weighted by Gasteiger charge is 2.30. The van der Waals surface area contributed by atoms with Gasteiger partial charge in [-0.05, 0) is 42.8 Å². The van der Waals surface area contributed by atoms with Crippen LogP contribution in [0.1, 0.15) is 24.4 Å². The van der Waals surface area contributed by atoms with Crippen LogP contribution in [0.5, 0.6) is 5.75 Å². The summed E-state index contributed by atoms with van der Waals surface area (Å²) in [6.07, 6.45) is 3.25. The number of phenols is 1. The molecule has 3 nitrogen and oxygen atoms in total. The number of halogens is 3. The Morgan fingerprint density at radius 3 is 2.65 bits per heavy atom. The molecule has 2 N–H and O–H groups in total. The van der Waals surface area contributed by atoms with Crippen molar-refractivity contribution in [1.29, 1.82) is 0 Å². The van der Waals surface area contributed by atoms with Crippen molar-refractivity contribution in [3.05, 3.63) is 36.4 Å². The molecule has 1 fully saturated rings. The Labute approximate surface area is 138 Å². The van der Waals surface area contributed by atoms with Crippen LogP contribution in [-0.4, -0.2) is 41.7 Å². The van der Waals surface area contributed by atoms with Crippen LogP contribution in [0.15, 0.2) is 35.7 Å². The first-order chi connectivity index (χ1) is 10.9. The quantitative estimate of drug-likeness (QED) is 0.605. The van der Waals surface area contributed by atoms with Crippen molar-refractivity contribution in [2.75, 3.05) is 26.2 Å². The van der Waals surface area contributed by atoms with Gasteiger partial charge < -0.3 is 10.4 Å². The molecule has 2 rings (SSSR count). The first-order valence-corrected chi connectivity index (χ1v) is 8.36. The summed E-state index contributed by atoms with van der Waals surface area (Å²) < 4.78 is 37.8. The summed E-state index contributed by atoms with van der Waals surface area (Å²) in [4.78, 5) is 2.31. The molecule has 1 aliphatic heterocycles. The predicted molar refractivity (Wildman–Crippen MR) is 86.6 cm³/mol. The number of thioether (sulfide) groups is 1. The zero-order valence-corrected chi connectivity index (χ0v) is 13.6. The number of hydrogen-bond donors (Lipinski definition) is 2. The van der Waals surface area contributed by atoms with E-state index < -0.39 is 5.51 Å². The average molecular weight is 346 g/mol. The van der Waals surface area contributed by atoms with E-state index in [9.17, 15) is 18.3 Å². The number of phenolic OH excluding ortho intramolecular Hbond substituents is 1. The van der Waals surface area contributed by atoms with Gasteiger partial charge in [0.2, 0.25) is 0 Å². The van der Waals surface area contributed by atoms with Gasteiger partial charge in [0, 0.05) is 42.7 Å². The Morgan fingerprint density at radius 1 is 1.35 bits per heavy atom. The van der Waals surface area contributed by atoms with Gasteiger partial charge in [0.15, 0.2) is 0 Å². The van der Waals surface area contributed by atoms with E-state index in [4.69, 9.17) is 0 Å². The minimum atomic E-state index is -4.33. The number of nitrogens with zero attached hydrogens (tertiary/aromatic N) is 1. The van der Waals surface area contributed by atoms with E-state index in [2.05, 4.69) is 16.8 Å². The van der Waals surface area contributed by atoms with Gasteiger partial charge in [0.1, 0.15) is 5.75 Å². The van der Waals surface area contributed by atoms with Crippen LogP contribution in [0.3, 0.4) is 0 Å². The third-order valence-electron chi connectivity index (χ3n) is 3.83. The van der Waals surface area contributed by atoms with Crippen LogP contribution in [0.4, 0.5) is 13.2 Å². The fourth-order valence-corrected chi connectivity index (χ4v) is 3.39. The summed E-state index contributed by atoms with van der Waals surface area (Å²) >= 11 is -0.151. The lowest BCUT2D eigenvalue weighted by atomic mass is 9.98. The molecule has 23 heavy (non-hydrogen) atoms. The number of piperazine rings is 1. The normalized spacial score (nSPS) is 17.9. The number of benzene rings is 1. The molecule has 0 bridgehead atoms. The number of rotatable bonds is 6. The second-order valence-electron chi connectivity index (χ2n) is 5.44.